The van der Waals surface area contributed by atoms with Crippen LogP contribution in [0.1, 0.15) is 57.1 Å². The number of nitrogens with one attached hydrogen (secondary N) is 1. The Morgan fingerprint density at radius 3 is 2.23 bits per heavy atom. The largest absolute Gasteiger partial charge is 0.494 e. The molecular formula is C34H43N3O5S2. The van der Waals surface area contributed by atoms with Gasteiger partial charge in [-0.2, -0.15) is 0 Å². The molecule has 8 nitrogen and oxygen atoms in total. The molecule has 3 aromatic carbocycles. The average Bonchev–Trinajstić information content (AvgIpc) is 3.54. The van der Waals surface area contributed by atoms with E-state index in [2.05, 4.69) is 5.32 Å². The SMILES string of the molecule is CCOc1ccc(N(CC(=O)N(Cc2ccccc2C)[C@@H](CC)C(=O)NC2CCCC2)S(=O)(=O)c2ccc(SC)cc2)cc1. The van der Waals surface area contributed by atoms with E-state index in [1.54, 1.807) is 53.4 Å². The molecule has 0 spiro atoms. The maximum atomic E-state index is 14.3. The standard InChI is InChI=1S/C34H43N3O5S2/c1-5-32(34(39)35-27-13-9-10-14-27)36(23-26-12-8-7-11-25(26)3)33(38)24-37(28-15-17-29(18-16-28)42-6-2)44(40,41)31-21-19-30(43-4)20-22-31/h7-8,11-12,15-22,27,32H,5-6,9-10,13-14,23-24H2,1-4H3,(H,35,39)/t32-/m0/s1. The van der Waals surface area contributed by atoms with E-state index in [9.17, 15) is 18.0 Å². The van der Waals surface area contributed by atoms with Crippen molar-refractivity contribution in [2.24, 2.45) is 0 Å². The number of anilines is 1. The summed E-state index contributed by atoms with van der Waals surface area (Å²) < 4.78 is 35.0. The minimum Gasteiger partial charge on any atom is -0.494 e. The Bertz CT molecular complexity index is 1500. The van der Waals surface area contributed by atoms with Crippen LogP contribution in [-0.2, 0) is 26.2 Å². The molecule has 0 bridgehead atoms. The average molecular weight is 638 g/mol. The molecule has 0 saturated heterocycles. The first-order valence-corrected chi connectivity index (χ1v) is 17.9. The van der Waals surface area contributed by atoms with Crippen LogP contribution < -0.4 is 14.4 Å². The number of ether oxygens (including phenoxy) is 1. The number of amides is 2. The molecule has 10 heteroatoms. The fourth-order valence-electron chi connectivity index (χ4n) is 5.54. The lowest BCUT2D eigenvalue weighted by Gasteiger charge is -2.34. The van der Waals surface area contributed by atoms with Crippen molar-refractivity contribution >= 4 is 39.3 Å². The molecule has 1 N–H and O–H groups in total. The van der Waals surface area contributed by atoms with Gasteiger partial charge in [0.25, 0.3) is 10.0 Å². The molecule has 4 rings (SSSR count). The van der Waals surface area contributed by atoms with Crippen LogP contribution >= 0.6 is 11.8 Å². The summed E-state index contributed by atoms with van der Waals surface area (Å²) in [4.78, 5) is 30.5. The first kappa shape index (κ1) is 33.4. The second-order valence-corrected chi connectivity index (χ2v) is 13.7. The highest BCUT2D eigenvalue weighted by Crippen LogP contribution is 2.28. The zero-order valence-electron chi connectivity index (χ0n) is 26.0. The number of hydrogen-bond donors (Lipinski definition) is 1. The summed E-state index contributed by atoms with van der Waals surface area (Å²) in [5.74, 6) is -0.0654. The number of rotatable bonds is 14. The Kier molecular flexibility index (Phi) is 11.7. The third kappa shape index (κ3) is 8.15. The van der Waals surface area contributed by atoms with Crippen LogP contribution in [0, 0.1) is 6.92 Å². The first-order valence-electron chi connectivity index (χ1n) is 15.2. The molecule has 1 fully saturated rings. The van der Waals surface area contributed by atoms with Crippen molar-refractivity contribution in [1.82, 2.24) is 10.2 Å². The van der Waals surface area contributed by atoms with Gasteiger partial charge in [0.2, 0.25) is 11.8 Å². The summed E-state index contributed by atoms with van der Waals surface area (Å²) in [5.41, 5.74) is 2.22. The molecule has 0 aliphatic heterocycles. The number of nitrogens with zero attached hydrogens (tertiary/aromatic N) is 2. The van der Waals surface area contributed by atoms with Crippen molar-refractivity contribution in [3.8, 4) is 5.75 Å². The van der Waals surface area contributed by atoms with Crippen LogP contribution in [-0.4, -0.2) is 56.6 Å². The van der Waals surface area contributed by atoms with E-state index >= 15 is 0 Å². The molecule has 0 aromatic heterocycles. The van der Waals surface area contributed by atoms with Crippen molar-refractivity contribution in [1.29, 1.82) is 0 Å². The Hall–Kier alpha value is -3.50. The molecule has 0 heterocycles. The van der Waals surface area contributed by atoms with Gasteiger partial charge in [-0.25, -0.2) is 8.42 Å². The normalized spacial score (nSPS) is 14.2. The fraction of sp³-hybridized carbons (Fsp3) is 0.412. The lowest BCUT2D eigenvalue weighted by Crippen LogP contribution is -2.53. The van der Waals surface area contributed by atoms with Crippen molar-refractivity contribution in [3.05, 3.63) is 83.9 Å². The van der Waals surface area contributed by atoms with Crippen LogP contribution in [0.4, 0.5) is 5.69 Å². The summed E-state index contributed by atoms with van der Waals surface area (Å²) in [6.45, 7) is 5.90. The van der Waals surface area contributed by atoms with Crippen LogP contribution in [0.2, 0.25) is 0 Å². The van der Waals surface area contributed by atoms with E-state index in [1.807, 2.05) is 51.3 Å². The Labute approximate surface area is 266 Å². The highest BCUT2D eigenvalue weighted by Gasteiger charge is 2.34. The minimum absolute atomic E-state index is 0.0773. The van der Waals surface area contributed by atoms with Gasteiger partial charge < -0.3 is 15.0 Å². The number of thioether (sulfide) groups is 1. The summed E-state index contributed by atoms with van der Waals surface area (Å²) in [7, 11) is -4.15. The summed E-state index contributed by atoms with van der Waals surface area (Å²) in [6, 6.07) is 20.4. The quantitative estimate of drug-likeness (QED) is 0.212. The van der Waals surface area contributed by atoms with Crippen LogP contribution in [0.25, 0.3) is 0 Å². The number of hydrogen-bond acceptors (Lipinski definition) is 6. The number of carbonyl (C=O) groups excluding carboxylic acids is 2. The molecule has 1 atom stereocenters. The van der Waals surface area contributed by atoms with Gasteiger partial charge in [0.05, 0.1) is 17.2 Å². The maximum absolute atomic E-state index is 14.3. The molecule has 1 aliphatic carbocycles. The van der Waals surface area contributed by atoms with Gasteiger partial charge in [0.1, 0.15) is 18.3 Å². The van der Waals surface area contributed by atoms with Gasteiger partial charge in [0.15, 0.2) is 0 Å². The number of aryl methyl sites for hydroxylation is 1. The topological polar surface area (TPSA) is 96.0 Å². The Morgan fingerprint density at radius 2 is 1.64 bits per heavy atom. The predicted octanol–water partition coefficient (Wildman–Crippen LogP) is 6.18. The molecule has 236 valence electrons. The van der Waals surface area contributed by atoms with Gasteiger partial charge in [-0.15, -0.1) is 11.8 Å². The van der Waals surface area contributed by atoms with Gasteiger partial charge in [-0.3, -0.25) is 13.9 Å². The lowest BCUT2D eigenvalue weighted by molar-refractivity contribution is -0.140. The van der Waals surface area contributed by atoms with Crippen molar-refractivity contribution < 1.29 is 22.7 Å². The molecule has 3 aromatic rings. The van der Waals surface area contributed by atoms with Gasteiger partial charge in [0, 0.05) is 17.5 Å². The van der Waals surface area contributed by atoms with E-state index < -0.39 is 28.5 Å². The van der Waals surface area contributed by atoms with Gasteiger partial charge >= 0.3 is 0 Å². The van der Waals surface area contributed by atoms with Crippen molar-refractivity contribution in [2.75, 3.05) is 23.7 Å². The summed E-state index contributed by atoms with van der Waals surface area (Å²) in [6.07, 6.45) is 6.30. The molecule has 2 amide bonds. The smallest absolute Gasteiger partial charge is 0.264 e. The first-order chi connectivity index (χ1) is 21.2. The zero-order chi connectivity index (χ0) is 31.7. The second-order valence-electron chi connectivity index (χ2n) is 11.0. The summed E-state index contributed by atoms with van der Waals surface area (Å²) >= 11 is 1.51. The third-order valence-corrected chi connectivity index (χ3v) is 10.6. The zero-order valence-corrected chi connectivity index (χ0v) is 27.6. The number of benzene rings is 3. The van der Waals surface area contributed by atoms with E-state index in [1.165, 1.54) is 11.8 Å². The number of sulfonamides is 1. The third-order valence-electron chi connectivity index (χ3n) is 8.05. The predicted molar refractivity (Wildman–Crippen MR) is 177 cm³/mol. The van der Waals surface area contributed by atoms with E-state index in [0.29, 0.717) is 24.5 Å². The Morgan fingerprint density at radius 1 is 0.977 bits per heavy atom. The van der Waals surface area contributed by atoms with Gasteiger partial charge in [-0.1, -0.05) is 44.0 Å². The van der Waals surface area contributed by atoms with Crippen LogP contribution in [0.3, 0.4) is 0 Å². The highest BCUT2D eigenvalue weighted by atomic mass is 32.2. The number of carbonyl (C=O) groups is 2. The van der Waals surface area contributed by atoms with Crippen LogP contribution in [0.15, 0.2) is 82.6 Å². The monoisotopic (exact) mass is 637 g/mol. The van der Waals surface area contributed by atoms with E-state index in [0.717, 1.165) is 46.0 Å². The molecular weight excluding hydrogens is 595 g/mol. The van der Waals surface area contributed by atoms with Crippen LogP contribution in [0.5, 0.6) is 5.75 Å². The molecule has 1 saturated carbocycles. The molecule has 1 aliphatic rings. The van der Waals surface area contributed by atoms with Gasteiger partial charge in [-0.05, 0) is 99.0 Å². The highest BCUT2D eigenvalue weighted by molar-refractivity contribution is 7.98. The molecule has 44 heavy (non-hydrogen) atoms. The lowest BCUT2D eigenvalue weighted by atomic mass is 10.1. The fourth-order valence-corrected chi connectivity index (χ4v) is 7.36. The molecule has 0 radical (unpaired) electrons. The molecule has 0 unspecified atom stereocenters. The second kappa shape index (κ2) is 15.5. The maximum Gasteiger partial charge on any atom is 0.264 e. The Balaban J connectivity index is 1.72. The van der Waals surface area contributed by atoms with E-state index in [-0.39, 0.29) is 23.4 Å². The van der Waals surface area contributed by atoms with Crippen molar-refractivity contribution in [3.63, 3.8) is 0 Å². The summed E-state index contributed by atoms with van der Waals surface area (Å²) in [5, 5.41) is 3.16. The van der Waals surface area contributed by atoms with Crippen molar-refractivity contribution in [2.45, 2.75) is 81.3 Å². The minimum atomic E-state index is -4.15. The van der Waals surface area contributed by atoms with E-state index in [4.69, 9.17) is 4.74 Å².